The summed E-state index contributed by atoms with van der Waals surface area (Å²) >= 11 is 9.56. The molecule has 0 N–H and O–H groups in total. The van der Waals surface area contributed by atoms with Gasteiger partial charge in [0, 0.05) is 253 Å². The van der Waals surface area contributed by atoms with Crippen LogP contribution in [0.1, 0.15) is 0 Å². The van der Waals surface area contributed by atoms with Crippen LogP contribution in [-0.2, 0) is 253 Å². The minimum atomic E-state index is 1.37. The van der Waals surface area contributed by atoms with Crippen LogP contribution in [0.5, 0.6) is 0 Å². The van der Waals surface area contributed by atoms with Crippen LogP contribution in [0.3, 0.4) is 0 Å². The van der Waals surface area contributed by atoms with E-state index < -0.39 is 0 Å². The van der Waals surface area contributed by atoms with Gasteiger partial charge in [-0.3, -0.25) is 0 Å². The Balaban J connectivity index is 5.92. The molecule has 0 radical (unpaired) electrons. The van der Waals surface area contributed by atoms with Crippen molar-refractivity contribution in [2.45, 2.75) is 0 Å². The van der Waals surface area contributed by atoms with Gasteiger partial charge in [-0.25, -0.2) is 0 Å². The van der Waals surface area contributed by atoms with Gasteiger partial charge in [-0.05, 0) is 0 Å². The molecule has 28 heavy (non-hydrogen) atoms. The van der Waals surface area contributed by atoms with E-state index in [1.54, 1.807) is 124 Å². The lowest BCUT2D eigenvalue weighted by Gasteiger charge is -1.40. The van der Waals surface area contributed by atoms with Crippen LogP contribution in [-0.4, -0.2) is 0 Å². The maximum absolute atomic E-state index is 4.78. The maximum atomic E-state index is 4.78. The Kier molecular flexibility index (Phi) is 40.5. The first kappa shape index (κ1) is 34.2. The average Bonchev–Trinajstić information content (AvgIpc) is 2.71. The topological polar surface area (TPSA) is 0 Å². The van der Waals surface area contributed by atoms with Crippen LogP contribution in [0.15, 0.2) is 0 Å². The van der Waals surface area contributed by atoms with E-state index in [4.69, 9.17) is 22.4 Å². The van der Waals surface area contributed by atoms with Crippen molar-refractivity contribution < 1.29 is 0 Å². The zero-order chi connectivity index (χ0) is 20.4. The lowest BCUT2D eigenvalue weighted by Crippen LogP contribution is -1.41. The van der Waals surface area contributed by atoms with Crippen molar-refractivity contribution in [3.05, 3.63) is 0 Å². The molecule has 0 atom stereocenters. The van der Waals surface area contributed by atoms with Crippen LogP contribution < -0.4 is 0 Å². The lowest BCUT2D eigenvalue weighted by atomic mass is 30.7. The van der Waals surface area contributed by atoms with E-state index in [2.05, 4.69) is 0 Å². The van der Waals surface area contributed by atoms with E-state index >= 15 is 0 Å². The zero-order valence-corrected chi connectivity index (χ0v) is 34.3. The second-order valence-corrected chi connectivity index (χ2v) is 47.8. The summed E-state index contributed by atoms with van der Waals surface area (Å²) in [7, 11) is 45.4. The van der Waals surface area contributed by atoms with E-state index in [-0.39, 0.29) is 0 Å². The van der Waals surface area contributed by atoms with Crippen LogP contribution in [0, 0.1) is 0 Å². The van der Waals surface area contributed by atoms with Gasteiger partial charge in [-0.15, -0.1) is 0 Å². The van der Waals surface area contributed by atoms with Crippen LogP contribution in [0.25, 0.3) is 0 Å². The van der Waals surface area contributed by atoms with Gasteiger partial charge in [0.1, 0.15) is 0 Å². The molecule has 0 saturated heterocycles. The number of hydrogen-bond acceptors (Lipinski definition) is 2. The Morgan fingerprint density at radius 1 is 0.179 bits per heavy atom. The van der Waals surface area contributed by atoms with Gasteiger partial charge >= 0.3 is 0 Å². The molecule has 28 heteroatoms. The summed E-state index contributed by atoms with van der Waals surface area (Å²) in [6.07, 6.45) is 0. The second kappa shape index (κ2) is 33.2. The first-order chi connectivity index (χ1) is 13.9. The van der Waals surface area contributed by atoms with Crippen molar-refractivity contribution in [1.29, 1.82) is 0 Å². The zero-order valence-electron chi connectivity index (χ0n) is 11.4. The van der Waals surface area contributed by atoms with Crippen molar-refractivity contribution in [3.8, 4) is 0 Å². The van der Waals surface area contributed by atoms with Crippen molar-refractivity contribution in [2.24, 2.45) is 0 Å². The fraction of sp³-hybridized carbons (Fsp3) is 0. The SMILES string of the molecule is S=S=S=S=S=S=S=S=S=S=S=S=S=S=S=S=S=S=S=S=S=S=S=S=S=S=S=S. The van der Waals surface area contributed by atoms with E-state index in [0.29, 0.717) is 0 Å². The molecule has 0 aromatic rings. The van der Waals surface area contributed by atoms with Gasteiger partial charge in [0.25, 0.3) is 0 Å². The molecule has 0 aliphatic carbocycles. The number of rotatable bonds is 0. The van der Waals surface area contributed by atoms with Gasteiger partial charge < -0.3 is 0 Å². The minimum Gasteiger partial charge on any atom is 0 e. The highest BCUT2D eigenvalue weighted by Gasteiger charge is 1.43. The maximum Gasteiger partial charge on any atom is 0 e. The molecule has 0 aromatic carbocycles. The molecule has 0 bridgehead atoms. The molecule has 0 fully saturated rings. The molecule has 0 spiro atoms. The molecule has 0 amide bonds. The Morgan fingerprint density at radius 2 is 0.286 bits per heavy atom. The van der Waals surface area contributed by atoms with Crippen molar-refractivity contribution in [3.63, 3.8) is 0 Å². The Hall–Kier alpha value is 6.16. The monoisotopic (exact) mass is 895 g/mol. The molecule has 0 saturated carbocycles. The van der Waals surface area contributed by atoms with Gasteiger partial charge in [-0.2, -0.15) is 0 Å². The lowest BCUT2D eigenvalue weighted by molar-refractivity contribution is 5.96. The van der Waals surface area contributed by atoms with E-state index in [9.17, 15) is 0 Å². The van der Waals surface area contributed by atoms with E-state index in [1.807, 2.05) is 88.8 Å². The predicted molar refractivity (Wildman–Crippen MR) is 206 cm³/mol. The summed E-state index contributed by atoms with van der Waals surface area (Å²) in [5.74, 6) is 0. The highest BCUT2D eigenvalue weighted by atomic mass is 33.5. The average molecular weight is 898 g/mol. The van der Waals surface area contributed by atoms with E-state index in [0.717, 1.165) is 0 Å². The molecule has 0 nitrogen and oxygen atoms in total. The molecule has 0 aliphatic heterocycles. The highest BCUT2D eigenvalue weighted by Crippen LogP contribution is 1.42. The molecule has 0 aliphatic rings. The smallest absolute Gasteiger partial charge is 0 e. The second-order valence-electron chi connectivity index (χ2n) is 1.77. The predicted octanol–water partition coefficient (Wildman–Crippen LogP) is -0.0672. The third kappa shape index (κ3) is 32.2. The molecular formula is S28. The van der Waals surface area contributed by atoms with Crippen molar-refractivity contribution in [1.82, 2.24) is 0 Å². The van der Waals surface area contributed by atoms with Crippen molar-refractivity contribution >= 4 is 253 Å². The molecular weight excluding hydrogens is 898 g/mol. The molecule has 0 heterocycles. The summed E-state index contributed by atoms with van der Waals surface area (Å²) in [6, 6.07) is 0. The third-order valence-electron chi connectivity index (χ3n) is 0.694. The summed E-state index contributed by atoms with van der Waals surface area (Å²) in [6.45, 7) is 0. The van der Waals surface area contributed by atoms with Gasteiger partial charge in [-0.1, -0.05) is 0 Å². The fourth-order valence-electron chi connectivity index (χ4n) is 0.272. The molecule has 168 valence electrons. The van der Waals surface area contributed by atoms with Crippen LogP contribution in [0.2, 0.25) is 0 Å². The highest BCUT2D eigenvalue weighted by molar-refractivity contribution is 8.79. The Labute approximate surface area is 246 Å². The Morgan fingerprint density at radius 3 is 0.393 bits per heavy atom. The molecule has 0 aromatic heterocycles. The number of hydrogen-bond donors (Lipinski definition) is 0. The summed E-state index contributed by atoms with van der Waals surface area (Å²) < 4.78 is 0. The first-order valence-electron chi connectivity index (χ1n) is 4.50. The van der Waals surface area contributed by atoms with Crippen LogP contribution >= 0.6 is 0 Å². The van der Waals surface area contributed by atoms with Gasteiger partial charge in [0.2, 0.25) is 0 Å². The summed E-state index contributed by atoms with van der Waals surface area (Å²) in [5, 5.41) is 0. The van der Waals surface area contributed by atoms with Gasteiger partial charge in [0.15, 0.2) is 0 Å². The standard InChI is InChI=1S/S28/c1-3-5-7-9-11-13-15-17-19-21-23-25-27-28-26-24-22-20-18-16-14-12-10-8-6-4-2. The molecule has 0 unspecified atom stereocenters. The Bertz CT molecular complexity index is 1500. The normalized spacial score (nSPS) is 7.57. The van der Waals surface area contributed by atoms with E-state index in [1.165, 1.54) is 17.8 Å². The molecule has 0 rings (SSSR count). The first-order valence-corrected chi connectivity index (χ1v) is 40.5. The van der Waals surface area contributed by atoms with Crippen molar-refractivity contribution in [2.75, 3.05) is 0 Å². The van der Waals surface area contributed by atoms with Gasteiger partial charge in [0.05, 0.1) is 0 Å². The quantitative estimate of drug-likeness (QED) is 0.335. The third-order valence-corrected chi connectivity index (χ3v) is 56.2. The van der Waals surface area contributed by atoms with Crippen LogP contribution in [0.4, 0.5) is 0 Å². The summed E-state index contributed by atoms with van der Waals surface area (Å²) in [5.41, 5.74) is 0. The summed E-state index contributed by atoms with van der Waals surface area (Å²) in [4.78, 5) is 0. The fourth-order valence-corrected chi connectivity index (χ4v) is 66.1. The largest absolute Gasteiger partial charge is 0 e. The minimum absolute atomic E-state index is 1.37.